The Kier molecular flexibility index (Phi) is 6.33. The highest BCUT2D eigenvalue weighted by molar-refractivity contribution is 5.82. The average Bonchev–Trinajstić information content (AvgIpc) is 2.93. The fraction of sp³-hybridized carbons (Fsp3) is 0.278. The minimum atomic E-state index is -0.973. The molecular weight excluding hydrogens is 322 g/mol. The van der Waals surface area contributed by atoms with Gasteiger partial charge >= 0.3 is 11.9 Å². The van der Waals surface area contributed by atoms with Crippen LogP contribution < -0.4 is 5.73 Å². The Bertz CT molecular complexity index is 766. The van der Waals surface area contributed by atoms with Gasteiger partial charge < -0.3 is 20.9 Å². The highest BCUT2D eigenvalue weighted by atomic mass is 16.4. The van der Waals surface area contributed by atoms with Gasteiger partial charge in [-0.2, -0.15) is 0 Å². The zero-order valence-corrected chi connectivity index (χ0v) is 13.7. The molecular formula is C18H21N3O4. The summed E-state index contributed by atoms with van der Waals surface area (Å²) in [5.41, 5.74) is 8.93. The number of aromatic amines is 1. The molecule has 132 valence electrons. The Balaban J connectivity index is 2.10. The second-order valence-electron chi connectivity index (χ2n) is 5.71. The first-order chi connectivity index (χ1) is 12.0. The summed E-state index contributed by atoms with van der Waals surface area (Å²) in [6.45, 7) is 0.231. The largest absolute Gasteiger partial charge is 0.481 e. The minimum absolute atomic E-state index is 0.0523. The van der Waals surface area contributed by atoms with Crippen molar-refractivity contribution in [3.05, 3.63) is 58.9 Å². The molecule has 0 saturated heterocycles. The monoisotopic (exact) mass is 343 g/mol. The van der Waals surface area contributed by atoms with Crippen molar-refractivity contribution in [3.8, 4) is 0 Å². The smallest absolute Gasteiger partial charge is 0.307 e. The maximum absolute atomic E-state index is 11.1. The van der Waals surface area contributed by atoms with Gasteiger partial charge in [0.15, 0.2) is 0 Å². The lowest BCUT2D eigenvalue weighted by Crippen LogP contribution is -2.15. The molecule has 0 spiro atoms. The number of nitrogens with one attached hydrogen (secondary N) is 1. The number of carboxylic acids is 2. The molecule has 5 N–H and O–H groups in total. The summed E-state index contributed by atoms with van der Waals surface area (Å²) < 4.78 is 0. The number of nitrogens with two attached hydrogens (primary N) is 1. The number of hydrogen-bond donors (Lipinski definition) is 4. The van der Waals surface area contributed by atoms with Crippen molar-refractivity contribution in [1.82, 2.24) is 4.98 Å². The molecule has 25 heavy (non-hydrogen) atoms. The zero-order chi connectivity index (χ0) is 18.2. The number of H-pyrrole nitrogens is 1. The van der Waals surface area contributed by atoms with E-state index < -0.39 is 11.9 Å². The lowest BCUT2D eigenvalue weighted by molar-refractivity contribution is -0.137. The molecule has 1 heterocycles. The van der Waals surface area contributed by atoms with Crippen LogP contribution in [0, 0.1) is 0 Å². The summed E-state index contributed by atoms with van der Waals surface area (Å²) >= 11 is 0. The molecule has 0 aliphatic heterocycles. The van der Waals surface area contributed by atoms with Gasteiger partial charge in [0.25, 0.3) is 0 Å². The van der Waals surface area contributed by atoms with E-state index in [9.17, 15) is 9.59 Å². The standard InChI is InChI=1S/C18H21N3O4/c19-16(8-12-4-2-1-3-5-12)21-11-15-14(9-18(24)25)13(10-20-15)6-7-17(22)23/h1-5,10,20H,6-9,11H2,(H2,19,21)(H,22,23)(H,24,25). The number of aryl methyl sites for hydroxylation is 1. The third-order valence-electron chi connectivity index (χ3n) is 3.78. The number of carboxylic acid groups (broad SMARTS) is 2. The third-order valence-corrected chi connectivity index (χ3v) is 3.78. The van der Waals surface area contributed by atoms with E-state index in [0.717, 1.165) is 5.56 Å². The summed E-state index contributed by atoms with van der Waals surface area (Å²) in [6, 6.07) is 9.68. The van der Waals surface area contributed by atoms with Gasteiger partial charge in [-0.25, -0.2) is 0 Å². The number of hydrogen-bond acceptors (Lipinski definition) is 3. The topological polar surface area (TPSA) is 129 Å². The lowest BCUT2D eigenvalue weighted by atomic mass is 10.0. The summed E-state index contributed by atoms with van der Waals surface area (Å²) in [7, 11) is 0. The van der Waals surface area contributed by atoms with Crippen molar-refractivity contribution in [2.75, 3.05) is 0 Å². The van der Waals surface area contributed by atoms with Gasteiger partial charge in [0, 0.05) is 24.7 Å². The Hall–Kier alpha value is -3.09. The van der Waals surface area contributed by atoms with E-state index in [2.05, 4.69) is 9.98 Å². The predicted octanol–water partition coefficient (Wildman–Crippen LogP) is 1.76. The number of nitrogens with zero attached hydrogens (tertiary/aromatic N) is 1. The van der Waals surface area contributed by atoms with E-state index >= 15 is 0 Å². The Morgan fingerprint density at radius 1 is 1.08 bits per heavy atom. The van der Waals surface area contributed by atoms with Gasteiger partial charge in [-0.1, -0.05) is 30.3 Å². The Labute approximate surface area is 145 Å². The fourth-order valence-corrected chi connectivity index (χ4v) is 2.56. The van der Waals surface area contributed by atoms with Crippen LogP contribution in [0.2, 0.25) is 0 Å². The molecule has 0 saturated carbocycles. The molecule has 0 bridgehead atoms. The number of benzene rings is 1. The van der Waals surface area contributed by atoms with Crippen LogP contribution in [0.15, 0.2) is 41.5 Å². The van der Waals surface area contributed by atoms with Crippen LogP contribution in [0.1, 0.15) is 28.8 Å². The van der Waals surface area contributed by atoms with E-state index in [1.54, 1.807) is 6.20 Å². The summed E-state index contributed by atoms with van der Waals surface area (Å²) in [5.74, 6) is -1.44. The second kappa shape index (κ2) is 8.68. The molecule has 2 aromatic rings. The SMILES string of the molecule is NC(Cc1ccccc1)=NCc1[nH]cc(CCC(=O)O)c1CC(=O)O. The van der Waals surface area contributed by atoms with Crippen molar-refractivity contribution in [1.29, 1.82) is 0 Å². The maximum Gasteiger partial charge on any atom is 0.307 e. The van der Waals surface area contributed by atoms with Gasteiger partial charge in [-0.05, 0) is 23.1 Å². The highest BCUT2D eigenvalue weighted by Crippen LogP contribution is 2.18. The molecule has 7 nitrogen and oxygen atoms in total. The summed E-state index contributed by atoms with van der Waals surface area (Å²) in [5, 5.41) is 17.9. The number of aromatic nitrogens is 1. The summed E-state index contributed by atoms with van der Waals surface area (Å²) in [4.78, 5) is 29.2. The van der Waals surface area contributed by atoms with Gasteiger partial charge in [-0.3, -0.25) is 14.6 Å². The minimum Gasteiger partial charge on any atom is -0.481 e. The molecule has 0 amide bonds. The number of carbonyl (C=O) groups is 2. The zero-order valence-electron chi connectivity index (χ0n) is 13.7. The van der Waals surface area contributed by atoms with Crippen LogP contribution in [0.3, 0.4) is 0 Å². The lowest BCUT2D eigenvalue weighted by Gasteiger charge is -2.05. The van der Waals surface area contributed by atoms with Gasteiger partial charge in [0.1, 0.15) is 0 Å². The number of aliphatic carboxylic acids is 2. The number of rotatable bonds is 9. The summed E-state index contributed by atoms with van der Waals surface area (Å²) in [6.07, 6.45) is 2.21. The molecule has 1 aromatic carbocycles. The van der Waals surface area contributed by atoms with Crippen LogP contribution in [0.4, 0.5) is 0 Å². The van der Waals surface area contributed by atoms with Crippen molar-refractivity contribution in [2.24, 2.45) is 10.7 Å². The van der Waals surface area contributed by atoms with Crippen molar-refractivity contribution in [3.63, 3.8) is 0 Å². The molecule has 2 rings (SSSR count). The molecule has 0 radical (unpaired) electrons. The first kappa shape index (κ1) is 18.3. The molecule has 0 atom stereocenters. The van der Waals surface area contributed by atoms with Crippen molar-refractivity contribution >= 4 is 17.8 Å². The quantitative estimate of drug-likeness (QED) is 0.407. The third kappa shape index (κ3) is 5.80. The van der Waals surface area contributed by atoms with E-state index in [4.69, 9.17) is 15.9 Å². The van der Waals surface area contributed by atoms with Crippen LogP contribution >= 0.6 is 0 Å². The molecule has 0 fully saturated rings. The van der Waals surface area contributed by atoms with Crippen LogP contribution in [-0.2, 0) is 35.4 Å². The number of aliphatic imine (C=N–C) groups is 1. The molecule has 1 aromatic heterocycles. The van der Waals surface area contributed by atoms with Crippen molar-refractivity contribution in [2.45, 2.75) is 32.2 Å². The fourth-order valence-electron chi connectivity index (χ4n) is 2.56. The van der Waals surface area contributed by atoms with Crippen LogP contribution in [0.25, 0.3) is 0 Å². The van der Waals surface area contributed by atoms with Gasteiger partial charge in [0.05, 0.1) is 18.8 Å². The van der Waals surface area contributed by atoms with Gasteiger partial charge in [-0.15, -0.1) is 0 Å². The predicted molar refractivity (Wildman–Crippen MR) is 93.6 cm³/mol. The van der Waals surface area contributed by atoms with E-state index in [1.807, 2.05) is 30.3 Å². The van der Waals surface area contributed by atoms with E-state index in [0.29, 0.717) is 29.1 Å². The second-order valence-corrected chi connectivity index (χ2v) is 5.71. The normalized spacial score (nSPS) is 11.4. The molecule has 7 heteroatoms. The molecule has 0 unspecified atom stereocenters. The van der Waals surface area contributed by atoms with Crippen molar-refractivity contribution < 1.29 is 19.8 Å². The highest BCUT2D eigenvalue weighted by Gasteiger charge is 2.15. The van der Waals surface area contributed by atoms with E-state index in [1.165, 1.54) is 0 Å². The Morgan fingerprint density at radius 3 is 2.44 bits per heavy atom. The molecule has 0 aliphatic rings. The van der Waals surface area contributed by atoms with Crippen LogP contribution in [0.5, 0.6) is 0 Å². The number of amidine groups is 1. The first-order valence-electron chi connectivity index (χ1n) is 7.90. The van der Waals surface area contributed by atoms with Crippen LogP contribution in [-0.4, -0.2) is 33.0 Å². The first-order valence-corrected chi connectivity index (χ1v) is 7.90. The van der Waals surface area contributed by atoms with Gasteiger partial charge in [0.2, 0.25) is 0 Å². The molecule has 0 aliphatic carbocycles. The maximum atomic E-state index is 11.1. The van der Waals surface area contributed by atoms with E-state index in [-0.39, 0.29) is 25.8 Å². The Morgan fingerprint density at radius 2 is 1.80 bits per heavy atom. The average molecular weight is 343 g/mol.